The second-order valence-electron chi connectivity index (χ2n) is 6.45. The molecule has 10 heteroatoms. The molecule has 1 N–H and O–H groups in total. The minimum atomic E-state index is -3.63. The quantitative estimate of drug-likeness (QED) is 0.594. The van der Waals surface area contributed by atoms with Crippen molar-refractivity contribution < 1.29 is 13.2 Å². The SMILES string of the molecule is Cc1ccc(-c2nnc(NC(=O)CN(Cc3ccccc3Cl)S(C)(=O)=O)s2)cc1. The molecule has 0 atom stereocenters. The fourth-order valence-corrected chi connectivity index (χ4v) is 4.20. The molecule has 1 heterocycles. The number of halogens is 1. The molecule has 0 saturated carbocycles. The third-order valence-corrected chi connectivity index (χ3v) is 6.52. The van der Waals surface area contributed by atoms with Gasteiger partial charge in [0, 0.05) is 17.1 Å². The summed E-state index contributed by atoms with van der Waals surface area (Å²) >= 11 is 7.33. The molecule has 3 rings (SSSR count). The number of carbonyl (C=O) groups is 1. The van der Waals surface area contributed by atoms with Crippen molar-refractivity contribution >= 4 is 44.0 Å². The van der Waals surface area contributed by atoms with E-state index in [2.05, 4.69) is 15.5 Å². The predicted octanol–water partition coefficient (Wildman–Crippen LogP) is 3.57. The molecule has 0 aliphatic rings. The van der Waals surface area contributed by atoms with Gasteiger partial charge in [0.1, 0.15) is 5.01 Å². The van der Waals surface area contributed by atoms with Gasteiger partial charge in [-0.15, -0.1) is 10.2 Å². The van der Waals surface area contributed by atoms with Crippen LogP contribution in [0, 0.1) is 6.92 Å². The van der Waals surface area contributed by atoms with Crippen LogP contribution in [-0.4, -0.2) is 41.6 Å². The average molecular weight is 451 g/mol. The Morgan fingerprint density at radius 2 is 1.83 bits per heavy atom. The lowest BCUT2D eigenvalue weighted by molar-refractivity contribution is -0.116. The number of sulfonamides is 1. The first-order valence-electron chi connectivity index (χ1n) is 8.61. The smallest absolute Gasteiger partial charge is 0.241 e. The Morgan fingerprint density at radius 1 is 1.14 bits per heavy atom. The molecule has 0 spiro atoms. The Kier molecular flexibility index (Phi) is 6.63. The van der Waals surface area contributed by atoms with E-state index in [1.165, 1.54) is 11.3 Å². The van der Waals surface area contributed by atoms with Crippen LogP contribution in [-0.2, 0) is 21.4 Å². The van der Waals surface area contributed by atoms with Crippen molar-refractivity contribution in [2.24, 2.45) is 0 Å². The number of benzene rings is 2. The van der Waals surface area contributed by atoms with Crippen molar-refractivity contribution in [3.8, 4) is 10.6 Å². The van der Waals surface area contributed by atoms with E-state index in [0.717, 1.165) is 21.7 Å². The zero-order valence-corrected chi connectivity index (χ0v) is 18.2. The third-order valence-electron chi connectivity index (χ3n) is 4.06. The van der Waals surface area contributed by atoms with Gasteiger partial charge in [0.25, 0.3) is 0 Å². The maximum Gasteiger partial charge on any atom is 0.241 e. The van der Waals surface area contributed by atoms with Crippen molar-refractivity contribution in [2.45, 2.75) is 13.5 Å². The first-order valence-corrected chi connectivity index (χ1v) is 11.7. The fourth-order valence-electron chi connectivity index (χ4n) is 2.51. The van der Waals surface area contributed by atoms with Crippen LogP contribution in [0.1, 0.15) is 11.1 Å². The van der Waals surface area contributed by atoms with Crippen LogP contribution >= 0.6 is 22.9 Å². The topological polar surface area (TPSA) is 92.3 Å². The fraction of sp³-hybridized carbons (Fsp3) is 0.211. The number of nitrogens with one attached hydrogen (secondary N) is 1. The molecule has 152 valence electrons. The monoisotopic (exact) mass is 450 g/mol. The number of aromatic nitrogens is 2. The highest BCUT2D eigenvalue weighted by Gasteiger charge is 2.22. The molecule has 29 heavy (non-hydrogen) atoms. The Morgan fingerprint density at radius 3 is 2.48 bits per heavy atom. The maximum absolute atomic E-state index is 12.4. The van der Waals surface area contributed by atoms with Crippen molar-refractivity contribution in [2.75, 3.05) is 18.1 Å². The molecule has 0 aliphatic heterocycles. The van der Waals surface area contributed by atoms with Gasteiger partial charge in [-0.2, -0.15) is 4.31 Å². The summed E-state index contributed by atoms with van der Waals surface area (Å²) in [5.74, 6) is -0.505. The first kappa shape index (κ1) is 21.4. The number of hydrogen-bond acceptors (Lipinski definition) is 6. The van der Waals surface area contributed by atoms with Crippen LogP contribution < -0.4 is 5.32 Å². The summed E-state index contributed by atoms with van der Waals surface area (Å²) in [5.41, 5.74) is 2.64. The lowest BCUT2D eigenvalue weighted by Gasteiger charge is -2.19. The molecule has 3 aromatic rings. The lowest BCUT2D eigenvalue weighted by atomic mass is 10.2. The number of hydrogen-bond donors (Lipinski definition) is 1. The summed E-state index contributed by atoms with van der Waals surface area (Å²) in [6.45, 7) is 1.63. The van der Waals surface area contributed by atoms with E-state index in [1.807, 2.05) is 31.2 Å². The Bertz CT molecular complexity index is 1110. The van der Waals surface area contributed by atoms with Crippen molar-refractivity contribution in [3.05, 3.63) is 64.7 Å². The van der Waals surface area contributed by atoms with E-state index in [0.29, 0.717) is 20.7 Å². The van der Waals surface area contributed by atoms with E-state index in [-0.39, 0.29) is 13.1 Å². The van der Waals surface area contributed by atoms with Crippen LogP contribution in [0.3, 0.4) is 0 Å². The molecule has 0 aliphatic carbocycles. The molecule has 1 aromatic heterocycles. The van der Waals surface area contributed by atoms with Gasteiger partial charge in [-0.3, -0.25) is 10.1 Å². The molecule has 0 radical (unpaired) electrons. The molecule has 0 bridgehead atoms. The first-order chi connectivity index (χ1) is 13.7. The standard InChI is InChI=1S/C19H19ClN4O3S2/c1-13-7-9-14(10-8-13)18-22-23-19(28-18)21-17(25)12-24(29(2,26)27)11-15-5-3-4-6-16(15)20/h3-10H,11-12H2,1-2H3,(H,21,23,25). The second kappa shape index (κ2) is 9.00. The summed E-state index contributed by atoms with van der Waals surface area (Å²) in [6.07, 6.45) is 1.05. The van der Waals surface area contributed by atoms with Crippen molar-refractivity contribution in [1.29, 1.82) is 0 Å². The highest BCUT2D eigenvalue weighted by molar-refractivity contribution is 7.88. The largest absolute Gasteiger partial charge is 0.299 e. The highest BCUT2D eigenvalue weighted by atomic mass is 35.5. The lowest BCUT2D eigenvalue weighted by Crippen LogP contribution is -2.37. The van der Waals surface area contributed by atoms with Gasteiger partial charge in [0.05, 0.1) is 12.8 Å². The van der Waals surface area contributed by atoms with Gasteiger partial charge in [-0.25, -0.2) is 8.42 Å². The van der Waals surface area contributed by atoms with Crippen LogP contribution in [0.4, 0.5) is 5.13 Å². The van der Waals surface area contributed by atoms with Crippen molar-refractivity contribution in [3.63, 3.8) is 0 Å². The summed E-state index contributed by atoms with van der Waals surface area (Å²) in [4.78, 5) is 12.4. The maximum atomic E-state index is 12.4. The van der Waals surface area contributed by atoms with Gasteiger partial charge in [-0.1, -0.05) is 71.0 Å². The third kappa shape index (κ3) is 5.83. The minimum Gasteiger partial charge on any atom is -0.299 e. The molecular formula is C19H19ClN4O3S2. The Balaban J connectivity index is 1.69. The van der Waals surface area contributed by atoms with Crippen molar-refractivity contribution in [1.82, 2.24) is 14.5 Å². The van der Waals surface area contributed by atoms with Gasteiger partial charge in [0.15, 0.2) is 0 Å². The van der Waals surface area contributed by atoms with Gasteiger partial charge in [-0.05, 0) is 18.6 Å². The zero-order chi connectivity index (χ0) is 21.0. The second-order valence-corrected chi connectivity index (χ2v) is 9.82. The van der Waals surface area contributed by atoms with E-state index >= 15 is 0 Å². The van der Waals surface area contributed by atoms with Crippen LogP contribution in [0.5, 0.6) is 0 Å². The van der Waals surface area contributed by atoms with E-state index < -0.39 is 15.9 Å². The molecule has 0 fully saturated rings. The van der Waals surface area contributed by atoms with Gasteiger partial charge >= 0.3 is 0 Å². The summed E-state index contributed by atoms with van der Waals surface area (Å²) in [5, 5.41) is 12.1. The average Bonchev–Trinajstić information content (AvgIpc) is 3.11. The van der Waals surface area contributed by atoms with E-state index in [4.69, 9.17) is 11.6 Å². The molecular weight excluding hydrogens is 432 g/mol. The normalized spacial score (nSPS) is 11.6. The number of anilines is 1. The van der Waals surface area contributed by atoms with E-state index in [1.54, 1.807) is 24.3 Å². The Labute approximate surface area is 178 Å². The molecule has 0 saturated heterocycles. The summed E-state index contributed by atoms with van der Waals surface area (Å²) in [7, 11) is -3.63. The number of rotatable bonds is 7. The van der Waals surface area contributed by atoms with Crippen LogP contribution in [0.15, 0.2) is 48.5 Å². The van der Waals surface area contributed by atoms with Crippen LogP contribution in [0.2, 0.25) is 5.02 Å². The molecule has 1 amide bonds. The van der Waals surface area contributed by atoms with Gasteiger partial charge < -0.3 is 0 Å². The zero-order valence-electron chi connectivity index (χ0n) is 15.8. The van der Waals surface area contributed by atoms with E-state index in [9.17, 15) is 13.2 Å². The Hall–Kier alpha value is -2.33. The van der Waals surface area contributed by atoms with Crippen LogP contribution in [0.25, 0.3) is 10.6 Å². The number of nitrogens with zero attached hydrogens (tertiary/aromatic N) is 3. The summed E-state index contributed by atoms with van der Waals surface area (Å²) < 4.78 is 25.3. The highest BCUT2D eigenvalue weighted by Crippen LogP contribution is 2.26. The molecule has 2 aromatic carbocycles. The number of aryl methyl sites for hydroxylation is 1. The minimum absolute atomic E-state index is 0.00331. The number of amides is 1. The molecule has 0 unspecified atom stereocenters. The van der Waals surface area contributed by atoms with Gasteiger partial charge in [0.2, 0.25) is 21.1 Å². The molecule has 7 nitrogen and oxygen atoms in total. The summed E-state index contributed by atoms with van der Waals surface area (Å²) in [6, 6.07) is 14.7. The number of carbonyl (C=O) groups excluding carboxylic acids is 1. The predicted molar refractivity (Wildman–Crippen MR) is 115 cm³/mol.